The minimum Gasteiger partial charge on any atom is -0.481 e. The highest BCUT2D eigenvalue weighted by atomic mass is 16.7. The van der Waals surface area contributed by atoms with Crippen LogP contribution >= 0.6 is 0 Å². The van der Waals surface area contributed by atoms with E-state index in [1.165, 1.54) is 0 Å². The van der Waals surface area contributed by atoms with Gasteiger partial charge in [-0.25, -0.2) is 0 Å². The number of carboxylic acids is 1. The number of nitrogens with zero attached hydrogens (tertiary/aromatic N) is 4. The fourth-order valence-corrected chi connectivity index (χ4v) is 6.28. The van der Waals surface area contributed by atoms with Crippen molar-refractivity contribution in [1.29, 1.82) is 0 Å². The molecule has 0 bridgehead atoms. The Morgan fingerprint density at radius 2 is 1.82 bits per heavy atom. The number of ether oxygens (including phenoxy) is 2. The third-order valence-electron chi connectivity index (χ3n) is 8.48. The van der Waals surface area contributed by atoms with Crippen LogP contribution in [0.1, 0.15) is 63.4 Å². The number of rotatable bonds is 15. The fourth-order valence-electron chi connectivity index (χ4n) is 6.28. The maximum atomic E-state index is 13.7. The van der Waals surface area contributed by atoms with Crippen molar-refractivity contribution in [3.05, 3.63) is 23.8 Å². The molecule has 10 heteroatoms. The number of hydrogen-bond acceptors (Lipinski definition) is 7. The SMILES string of the molecule is CCCCN(CCCCN(C)C)C(=O)CN1C[C@H](c2ccc3c(c2)OCO3)[C@H](C(=O)O)[C@H]1CCN1CCCC1=O. The second-order valence-electron chi connectivity index (χ2n) is 11.6. The zero-order chi connectivity index (χ0) is 28.6. The van der Waals surface area contributed by atoms with Crippen molar-refractivity contribution in [3.63, 3.8) is 0 Å². The predicted octanol–water partition coefficient (Wildman–Crippen LogP) is 2.87. The number of benzene rings is 1. The Kier molecular flexibility index (Phi) is 10.7. The molecule has 0 unspecified atom stereocenters. The molecule has 3 atom stereocenters. The van der Waals surface area contributed by atoms with E-state index in [1.54, 1.807) is 0 Å². The lowest BCUT2D eigenvalue weighted by molar-refractivity contribution is -0.144. The molecule has 3 heterocycles. The molecule has 2 saturated heterocycles. The number of hydrogen-bond donors (Lipinski definition) is 1. The number of unbranched alkanes of at least 4 members (excludes halogenated alkanes) is 2. The summed E-state index contributed by atoms with van der Waals surface area (Å²) in [5.41, 5.74) is 0.875. The first-order valence-corrected chi connectivity index (χ1v) is 14.8. The second-order valence-corrected chi connectivity index (χ2v) is 11.6. The standard InChI is InChI=1S/C30H46N4O6/c1-4-5-14-32(15-7-6-13-31(2)3)28(36)20-34-19-23(22-10-11-25-26(18-22)40-21-39-25)29(30(37)38)24(34)12-17-33-16-8-9-27(33)35/h10-11,18,23-24,29H,4-9,12-17,19-21H2,1-3H3,(H,37,38)/t23-,24-,29+/m1/s1. The Morgan fingerprint density at radius 1 is 1.07 bits per heavy atom. The van der Waals surface area contributed by atoms with Gasteiger partial charge in [0.05, 0.1) is 12.5 Å². The van der Waals surface area contributed by atoms with Gasteiger partial charge >= 0.3 is 5.97 Å². The zero-order valence-corrected chi connectivity index (χ0v) is 24.3. The molecule has 0 aromatic heterocycles. The maximum absolute atomic E-state index is 13.7. The van der Waals surface area contributed by atoms with E-state index in [2.05, 4.69) is 30.8 Å². The fraction of sp³-hybridized carbons (Fsp3) is 0.700. The summed E-state index contributed by atoms with van der Waals surface area (Å²) in [5.74, 6) is -0.413. The van der Waals surface area contributed by atoms with Gasteiger partial charge in [-0.3, -0.25) is 19.3 Å². The minimum atomic E-state index is -0.873. The summed E-state index contributed by atoms with van der Waals surface area (Å²) >= 11 is 0. The molecule has 40 heavy (non-hydrogen) atoms. The van der Waals surface area contributed by atoms with E-state index >= 15 is 0 Å². The molecule has 3 aliphatic rings. The molecule has 10 nitrogen and oxygen atoms in total. The Morgan fingerprint density at radius 3 is 2.52 bits per heavy atom. The van der Waals surface area contributed by atoms with Gasteiger partial charge in [0.2, 0.25) is 18.6 Å². The Bertz CT molecular complexity index is 1030. The molecule has 1 N–H and O–H groups in total. The van der Waals surface area contributed by atoms with Crippen LogP contribution in [0.5, 0.6) is 11.5 Å². The van der Waals surface area contributed by atoms with Crippen LogP contribution in [0.25, 0.3) is 0 Å². The van der Waals surface area contributed by atoms with E-state index in [9.17, 15) is 19.5 Å². The van der Waals surface area contributed by atoms with Crippen molar-refractivity contribution in [2.75, 3.05) is 66.7 Å². The van der Waals surface area contributed by atoms with Gasteiger partial charge in [0.1, 0.15) is 0 Å². The van der Waals surface area contributed by atoms with Crippen molar-refractivity contribution in [3.8, 4) is 11.5 Å². The number of amides is 2. The van der Waals surface area contributed by atoms with Gasteiger partial charge < -0.3 is 29.3 Å². The molecule has 0 aliphatic carbocycles. The molecule has 0 spiro atoms. The van der Waals surface area contributed by atoms with Crippen LogP contribution in [0, 0.1) is 5.92 Å². The number of carbonyl (C=O) groups is 3. The lowest BCUT2D eigenvalue weighted by atomic mass is 9.84. The summed E-state index contributed by atoms with van der Waals surface area (Å²) in [6.45, 7) is 6.55. The second kappa shape index (κ2) is 14.2. The highest BCUT2D eigenvalue weighted by Gasteiger charge is 2.47. The summed E-state index contributed by atoms with van der Waals surface area (Å²) in [4.78, 5) is 46.8. The first-order valence-electron chi connectivity index (χ1n) is 14.8. The average Bonchev–Trinajstić information content (AvgIpc) is 3.64. The normalized spacial score (nSPS) is 22.4. The number of aliphatic carboxylic acids is 1. The summed E-state index contributed by atoms with van der Waals surface area (Å²) in [6, 6.07) is 5.28. The van der Waals surface area contributed by atoms with Crippen molar-refractivity contribution < 1.29 is 29.0 Å². The van der Waals surface area contributed by atoms with Gasteiger partial charge in [0.25, 0.3) is 0 Å². The summed E-state index contributed by atoms with van der Waals surface area (Å²) in [5, 5.41) is 10.5. The smallest absolute Gasteiger partial charge is 0.308 e. The van der Waals surface area contributed by atoms with Gasteiger partial charge in [-0.1, -0.05) is 19.4 Å². The largest absolute Gasteiger partial charge is 0.481 e. The Hall–Kier alpha value is -2.85. The topological polar surface area (TPSA) is 103 Å². The molecular formula is C30H46N4O6. The molecule has 2 amide bonds. The molecule has 222 valence electrons. The predicted molar refractivity (Wildman–Crippen MR) is 151 cm³/mol. The molecular weight excluding hydrogens is 512 g/mol. The first-order chi connectivity index (χ1) is 19.3. The third-order valence-corrected chi connectivity index (χ3v) is 8.48. The lowest BCUT2D eigenvalue weighted by Crippen LogP contribution is -2.45. The van der Waals surface area contributed by atoms with Gasteiger partial charge in [0, 0.05) is 51.1 Å². The van der Waals surface area contributed by atoms with Crippen LogP contribution in [-0.4, -0.2) is 115 Å². The van der Waals surface area contributed by atoms with E-state index in [0.717, 1.165) is 44.2 Å². The number of likely N-dealkylation sites (tertiary alicyclic amines) is 2. The average molecular weight is 559 g/mol. The summed E-state index contributed by atoms with van der Waals surface area (Å²) in [7, 11) is 4.11. The van der Waals surface area contributed by atoms with Crippen molar-refractivity contribution in [1.82, 2.24) is 19.6 Å². The quantitative estimate of drug-likeness (QED) is 0.328. The van der Waals surface area contributed by atoms with Gasteiger partial charge in [-0.2, -0.15) is 0 Å². The molecule has 3 aliphatic heterocycles. The molecule has 4 rings (SSSR count). The highest BCUT2D eigenvalue weighted by Crippen LogP contribution is 2.42. The number of carboxylic acid groups (broad SMARTS) is 1. The number of fused-ring (bicyclic) bond motifs is 1. The van der Waals surface area contributed by atoms with Gasteiger partial charge in [-0.15, -0.1) is 0 Å². The van der Waals surface area contributed by atoms with Crippen LogP contribution in [0.2, 0.25) is 0 Å². The van der Waals surface area contributed by atoms with E-state index in [-0.39, 0.29) is 37.1 Å². The van der Waals surface area contributed by atoms with Gasteiger partial charge in [0.15, 0.2) is 11.5 Å². The monoisotopic (exact) mass is 558 g/mol. The first kappa shape index (κ1) is 30.1. The molecule has 1 aromatic carbocycles. The van der Waals surface area contributed by atoms with E-state index in [1.807, 2.05) is 28.0 Å². The van der Waals surface area contributed by atoms with Crippen LogP contribution in [-0.2, 0) is 14.4 Å². The molecule has 0 radical (unpaired) electrons. The van der Waals surface area contributed by atoms with Crippen molar-refractivity contribution in [2.45, 2.75) is 63.8 Å². The Balaban J connectivity index is 1.53. The lowest BCUT2D eigenvalue weighted by Gasteiger charge is -2.31. The van der Waals surface area contributed by atoms with Crippen LogP contribution < -0.4 is 9.47 Å². The molecule has 1 aromatic rings. The maximum Gasteiger partial charge on any atom is 0.308 e. The van der Waals surface area contributed by atoms with Crippen LogP contribution in [0.15, 0.2) is 18.2 Å². The highest BCUT2D eigenvalue weighted by molar-refractivity contribution is 5.79. The minimum absolute atomic E-state index is 0.0519. The zero-order valence-electron chi connectivity index (χ0n) is 24.3. The van der Waals surface area contributed by atoms with E-state index < -0.39 is 11.9 Å². The van der Waals surface area contributed by atoms with E-state index in [0.29, 0.717) is 57.1 Å². The van der Waals surface area contributed by atoms with Crippen LogP contribution in [0.4, 0.5) is 0 Å². The van der Waals surface area contributed by atoms with Crippen molar-refractivity contribution in [2.24, 2.45) is 5.92 Å². The van der Waals surface area contributed by atoms with E-state index in [4.69, 9.17) is 9.47 Å². The van der Waals surface area contributed by atoms with Gasteiger partial charge in [-0.05, 0) is 70.4 Å². The number of carbonyl (C=O) groups excluding carboxylic acids is 2. The summed E-state index contributed by atoms with van der Waals surface area (Å²) < 4.78 is 11.0. The molecule has 2 fully saturated rings. The third kappa shape index (κ3) is 7.46. The van der Waals surface area contributed by atoms with Crippen molar-refractivity contribution >= 4 is 17.8 Å². The molecule has 0 saturated carbocycles. The Labute approximate surface area is 238 Å². The summed E-state index contributed by atoms with van der Waals surface area (Å²) in [6.07, 6.45) is 5.82. The van der Waals surface area contributed by atoms with Crippen LogP contribution in [0.3, 0.4) is 0 Å².